The van der Waals surface area contributed by atoms with Crippen molar-refractivity contribution < 1.29 is 4.74 Å². The molecule has 110 valence electrons. The summed E-state index contributed by atoms with van der Waals surface area (Å²) in [5.41, 5.74) is 4.08. The second-order valence-electron chi connectivity index (χ2n) is 5.51. The Labute approximate surface area is 124 Å². The second-order valence-corrected chi connectivity index (χ2v) is 5.51. The quantitative estimate of drug-likeness (QED) is 0.669. The Bertz CT molecular complexity index is 609. The van der Waals surface area contributed by atoms with Crippen molar-refractivity contribution >= 4 is 5.82 Å². The number of ether oxygens (including phenoxy) is 1. The van der Waals surface area contributed by atoms with E-state index in [1.165, 1.54) is 0 Å². The number of nitrogens with zero attached hydrogens (tertiary/aromatic N) is 2. The minimum atomic E-state index is -0.436. The van der Waals surface area contributed by atoms with Crippen molar-refractivity contribution in [2.24, 2.45) is 5.84 Å². The van der Waals surface area contributed by atoms with Crippen LogP contribution in [0.3, 0.4) is 0 Å². The number of hydrazine groups is 1. The molecule has 3 rings (SSSR count). The molecule has 1 atom stereocenters. The van der Waals surface area contributed by atoms with Gasteiger partial charge < -0.3 is 10.2 Å². The van der Waals surface area contributed by atoms with Crippen molar-refractivity contribution in [2.75, 3.05) is 12.0 Å². The van der Waals surface area contributed by atoms with Crippen molar-refractivity contribution in [1.82, 2.24) is 9.97 Å². The molecule has 1 fully saturated rings. The Kier molecular flexibility index (Phi) is 3.86. The SMILES string of the molecule is CC1(c2nc(NN)cc(-c3ccccc3)n2)CCCCO1. The van der Waals surface area contributed by atoms with Crippen LogP contribution < -0.4 is 11.3 Å². The molecular formula is C16H20N4O. The van der Waals surface area contributed by atoms with Gasteiger partial charge in [0.25, 0.3) is 0 Å². The molecule has 1 aliphatic heterocycles. The molecule has 0 radical (unpaired) electrons. The fourth-order valence-corrected chi connectivity index (χ4v) is 2.62. The van der Waals surface area contributed by atoms with Gasteiger partial charge in [-0.15, -0.1) is 0 Å². The van der Waals surface area contributed by atoms with E-state index in [1.54, 1.807) is 0 Å². The molecule has 21 heavy (non-hydrogen) atoms. The van der Waals surface area contributed by atoms with Gasteiger partial charge in [0.1, 0.15) is 11.4 Å². The summed E-state index contributed by atoms with van der Waals surface area (Å²) in [5.74, 6) is 6.85. The van der Waals surface area contributed by atoms with Crippen LogP contribution >= 0.6 is 0 Å². The summed E-state index contributed by atoms with van der Waals surface area (Å²) in [7, 11) is 0. The number of aromatic nitrogens is 2. The fraction of sp³-hybridized carbons (Fsp3) is 0.375. The molecule has 0 aliphatic carbocycles. The molecule has 1 aliphatic rings. The molecule has 0 saturated carbocycles. The van der Waals surface area contributed by atoms with Crippen LogP contribution in [0, 0.1) is 0 Å². The van der Waals surface area contributed by atoms with E-state index in [4.69, 9.17) is 15.6 Å². The molecule has 2 heterocycles. The zero-order valence-electron chi connectivity index (χ0n) is 12.2. The minimum Gasteiger partial charge on any atom is -0.367 e. The van der Waals surface area contributed by atoms with Crippen LogP contribution in [-0.4, -0.2) is 16.6 Å². The third-order valence-corrected chi connectivity index (χ3v) is 3.89. The van der Waals surface area contributed by atoms with Crippen molar-refractivity contribution in [3.8, 4) is 11.3 Å². The van der Waals surface area contributed by atoms with Crippen molar-refractivity contribution in [3.63, 3.8) is 0 Å². The van der Waals surface area contributed by atoms with Crippen molar-refractivity contribution in [3.05, 3.63) is 42.2 Å². The van der Waals surface area contributed by atoms with Crippen molar-refractivity contribution in [1.29, 1.82) is 0 Å². The number of hydrogen-bond donors (Lipinski definition) is 2. The van der Waals surface area contributed by atoms with Crippen LogP contribution in [0.2, 0.25) is 0 Å². The fourth-order valence-electron chi connectivity index (χ4n) is 2.62. The van der Waals surface area contributed by atoms with Gasteiger partial charge in [-0.2, -0.15) is 0 Å². The highest BCUT2D eigenvalue weighted by Crippen LogP contribution is 2.34. The lowest BCUT2D eigenvalue weighted by Gasteiger charge is -2.32. The standard InChI is InChI=1S/C16H20N4O/c1-16(9-5-6-10-21-16)15-18-13(11-14(19-15)20-17)12-7-3-2-4-8-12/h2-4,7-8,11H,5-6,9-10,17H2,1H3,(H,18,19,20). The van der Waals surface area contributed by atoms with Gasteiger partial charge in [0.2, 0.25) is 0 Å². The first kappa shape index (κ1) is 14.0. The maximum absolute atomic E-state index is 5.95. The summed E-state index contributed by atoms with van der Waals surface area (Å²) in [5, 5.41) is 0. The Morgan fingerprint density at radius 2 is 2.00 bits per heavy atom. The summed E-state index contributed by atoms with van der Waals surface area (Å²) in [6, 6.07) is 11.9. The summed E-state index contributed by atoms with van der Waals surface area (Å²) < 4.78 is 5.95. The highest BCUT2D eigenvalue weighted by atomic mass is 16.5. The van der Waals surface area contributed by atoms with Gasteiger partial charge in [0, 0.05) is 18.2 Å². The van der Waals surface area contributed by atoms with E-state index in [1.807, 2.05) is 36.4 Å². The van der Waals surface area contributed by atoms with E-state index in [0.717, 1.165) is 37.1 Å². The van der Waals surface area contributed by atoms with Crippen LogP contribution in [-0.2, 0) is 10.3 Å². The minimum absolute atomic E-state index is 0.436. The van der Waals surface area contributed by atoms with E-state index >= 15 is 0 Å². The number of benzene rings is 1. The summed E-state index contributed by atoms with van der Waals surface area (Å²) >= 11 is 0. The molecule has 1 aromatic carbocycles. The maximum Gasteiger partial charge on any atom is 0.162 e. The summed E-state index contributed by atoms with van der Waals surface area (Å²) in [4.78, 5) is 9.22. The predicted molar refractivity (Wildman–Crippen MR) is 82.4 cm³/mol. The average molecular weight is 284 g/mol. The van der Waals surface area contributed by atoms with Gasteiger partial charge in [-0.05, 0) is 26.2 Å². The number of nitrogens with one attached hydrogen (secondary N) is 1. The predicted octanol–water partition coefficient (Wildman–Crippen LogP) is 2.84. The second kappa shape index (κ2) is 5.79. The molecule has 0 amide bonds. The molecule has 0 bridgehead atoms. The highest BCUT2D eigenvalue weighted by Gasteiger charge is 2.33. The lowest BCUT2D eigenvalue weighted by molar-refractivity contribution is -0.0759. The molecule has 5 nitrogen and oxygen atoms in total. The van der Waals surface area contributed by atoms with Crippen molar-refractivity contribution in [2.45, 2.75) is 31.8 Å². The third-order valence-electron chi connectivity index (χ3n) is 3.89. The molecule has 2 aromatic rings. The van der Waals surface area contributed by atoms with E-state index in [-0.39, 0.29) is 0 Å². The van der Waals surface area contributed by atoms with E-state index in [2.05, 4.69) is 17.3 Å². The van der Waals surface area contributed by atoms with Gasteiger partial charge >= 0.3 is 0 Å². The molecule has 1 saturated heterocycles. The van der Waals surface area contributed by atoms with E-state index in [9.17, 15) is 0 Å². The first-order valence-corrected chi connectivity index (χ1v) is 7.27. The number of rotatable bonds is 3. The average Bonchev–Trinajstić information content (AvgIpc) is 2.56. The smallest absolute Gasteiger partial charge is 0.162 e. The molecule has 5 heteroatoms. The van der Waals surface area contributed by atoms with Crippen LogP contribution in [0.5, 0.6) is 0 Å². The molecule has 1 unspecified atom stereocenters. The number of hydrogen-bond acceptors (Lipinski definition) is 5. The monoisotopic (exact) mass is 284 g/mol. The topological polar surface area (TPSA) is 73.1 Å². The first-order chi connectivity index (χ1) is 10.2. The first-order valence-electron chi connectivity index (χ1n) is 7.27. The lowest BCUT2D eigenvalue weighted by atomic mass is 9.95. The normalized spacial score (nSPS) is 22.0. The largest absolute Gasteiger partial charge is 0.367 e. The molecular weight excluding hydrogens is 264 g/mol. The Hall–Kier alpha value is -1.98. The number of nitrogen functional groups attached to an aromatic ring is 1. The van der Waals surface area contributed by atoms with Crippen LogP contribution in [0.25, 0.3) is 11.3 Å². The van der Waals surface area contributed by atoms with Gasteiger partial charge in [0.15, 0.2) is 5.82 Å². The zero-order valence-corrected chi connectivity index (χ0v) is 12.2. The van der Waals surface area contributed by atoms with Crippen LogP contribution in [0.4, 0.5) is 5.82 Å². The van der Waals surface area contributed by atoms with Gasteiger partial charge in [-0.25, -0.2) is 15.8 Å². The summed E-state index contributed by atoms with van der Waals surface area (Å²) in [6.07, 6.45) is 3.14. The highest BCUT2D eigenvalue weighted by molar-refractivity contribution is 5.62. The van der Waals surface area contributed by atoms with Gasteiger partial charge in [0.05, 0.1) is 5.69 Å². The Balaban J connectivity index is 2.05. The van der Waals surface area contributed by atoms with E-state index < -0.39 is 5.60 Å². The van der Waals surface area contributed by atoms with Crippen LogP contribution in [0.1, 0.15) is 32.0 Å². The summed E-state index contributed by atoms with van der Waals surface area (Å²) in [6.45, 7) is 2.80. The Morgan fingerprint density at radius 1 is 1.19 bits per heavy atom. The maximum atomic E-state index is 5.95. The lowest BCUT2D eigenvalue weighted by Crippen LogP contribution is -2.32. The number of anilines is 1. The van der Waals surface area contributed by atoms with Crippen LogP contribution in [0.15, 0.2) is 36.4 Å². The Morgan fingerprint density at radius 3 is 2.67 bits per heavy atom. The molecule has 3 N–H and O–H groups in total. The zero-order chi connectivity index (χ0) is 14.7. The van der Waals surface area contributed by atoms with Gasteiger partial charge in [-0.1, -0.05) is 30.3 Å². The van der Waals surface area contributed by atoms with Gasteiger partial charge in [-0.3, -0.25) is 0 Å². The molecule has 1 aromatic heterocycles. The number of nitrogens with two attached hydrogens (primary N) is 1. The van der Waals surface area contributed by atoms with E-state index in [0.29, 0.717) is 11.6 Å². The molecule has 0 spiro atoms. The third kappa shape index (κ3) is 2.89.